The predicted octanol–water partition coefficient (Wildman–Crippen LogP) is -2.38. The maximum absolute atomic E-state index is 12.1. The molecule has 208 valence electrons. The lowest BCUT2D eigenvalue weighted by Crippen LogP contribution is -2.79. The summed E-state index contributed by atoms with van der Waals surface area (Å²) in [5, 5.41) is 10.5. The number of hydrogen-bond donors (Lipinski definition) is 2. The molecule has 1 unspecified atom stereocenters. The number of aryl methyl sites for hydroxylation is 2. The van der Waals surface area contributed by atoms with E-state index in [-0.39, 0.29) is 11.6 Å². The molecule has 0 radical (unpaired) electrons. The zero-order valence-corrected chi connectivity index (χ0v) is 21.3. The first kappa shape index (κ1) is 35.6. The third kappa shape index (κ3) is 19.7. The maximum atomic E-state index is 12.1. The summed E-state index contributed by atoms with van der Waals surface area (Å²) >= 11 is -2.88. The number of aromatic nitrogens is 4. The Labute approximate surface area is 205 Å². The average molecular weight is 611 g/mol. The summed E-state index contributed by atoms with van der Waals surface area (Å²) in [6.45, 7) is 4.83. The van der Waals surface area contributed by atoms with Crippen molar-refractivity contribution >= 4 is 48.6 Å². The van der Waals surface area contributed by atoms with Crippen molar-refractivity contribution in [2.45, 2.75) is 20.8 Å². The molecule has 0 spiro atoms. The van der Waals surface area contributed by atoms with E-state index < -0.39 is 42.8 Å². The smallest absolute Gasteiger partial charge is 0.480 e. The van der Waals surface area contributed by atoms with Crippen LogP contribution in [0.1, 0.15) is 18.6 Å². The van der Waals surface area contributed by atoms with Gasteiger partial charge in [0.05, 0.1) is 17.6 Å². The second-order valence-corrected chi connectivity index (χ2v) is 9.16. The lowest BCUT2D eigenvalue weighted by molar-refractivity contribution is -0.635. The second-order valence-electron chi connectivity index (χ2n) is 5.42. The summed E-state index contributed by atoms with van der Waals surface area (Å²) in [5.74, 6) is 1.44. The van der Waals surface area contributed by atoms with E-state index in [2.05, 4.69) is 19.3 Å². The van der Waals surface area contributed by atoms with Crippen LogP contribution in [0.15, 0.2) is 42.2 Å². The van der Waals surface area contributed by atoms with Crippen LogP contribution in [0.25, 0.3) is 0 Å². The number of hydrogen-bond acceptors (Lipinski definition) is 12. The molecule has 1 atom stereocenters. The highest BCUT2D eigenvalue weighted by molar-refractivity contribution is 7.84. The number of nitrogens with zero attached hydrogens (tertiary/aromatic N) is 4. The normalized spacial score (nSPS) is 13.3. The summed E-state index contributed by atoms with van der Waals surface area (Å²) in [7, 11) is -14.9. The van der Waals surface area contributed by atoms with Gasteiger partial charge in [-0.1, -0.05) is 19.5 Å². The van der Waals surface area contributed by atoms with Crippen molar-refractivity contribution in [1.82, 2.24) is 13.9 Å². The number of nitrogens with one attached hydrogen (secondary N) is 1. The van der Waals surface area contributed by atoms with E-state index in [4.69, 9.17) is 22.4 Å². The van der Waals surface area contributed by atoms with Crippen LogP contribution in [0, 0.1) is 13.8 Å². The van der Waals surface area contributed by atoms with Crippen molar-refractivity contribution in [3.8, 4) is 0 Å². The summed E-state index contributed by atoms with van der Waals surface area (Å²) in [4.78, 5) is 9.96. The van der Waals surface area contributed by atoms with E-state index >= 15 is 0 Å². The number of imidazole rings is 2. The molecule has 0 aromatic carbocycles. The molecule has 24 heteroatoms. The fraction of sp³-hybridized carbons (Fsp3) is 0.250. The Morgan fingerprint density at radius 1 is 1.11 bits per heavy atom. The highest BCUT2D eigenvalue weighted by Gasteiger charge is 2.19. The molecule has 16 nitrogen and oxygen atoms in total. The van der Waals surface area contributed by atoms with Gasteiger partial charge >= 0.3 is 31.4 Å². The van der Waals surface area contributed by atoms with Crippen LogP contribution in [0.4, 0.5) is 15.5 Å². The lowest BCUT2D eigenvalue weighted by atomic mass is 10.7. The molecule has 0 saturated heterocycles. The number of amidine groups is 1. The SMILES string of the molecule is CC1=NC=C[NH2+]1.Cc1[nH]cc[n+]1S(=O)(=O)F.Cc1nccn1S(=O)(=O)F.O=S(=O)(F)F.O=S([O-])O[O-]. The molecule has 1 aliphatic heterocycles. The minimum absolute atomic E-state index is 0.113. The largest absolute Gasteiger partial charge is 0.750 e. The van der Waals surface area contributed by atoms with Gasteiger partial charge in [-0.25, -0.2) is 23.1 Å². The number of nitrogens with two attached hydrogens (primary N) is 1. The first-order chi connectivity index (χ1) is 16.2. The molecule has 0 fully saturated rings. The third-order valence-electron chi connectivity index (χ3n) is 2.84. The third-order valence-corrected chi connectivity index (χ3v) is 4.67. The topological polar surface area (TPSA) is 241 Å². The van der Waals surface area contributed by atoms with Gasteiger partial charge in [-0.05, 0) is 6.92 Å². The highest BCUT2D eigenvalue weighted by atomic mass is 32.3. The Bertz CT molecular complexity index is 1280. The minimum Gasteiger partial charge on any atom is -0.750 e. The standard InChI is InChI=1S/2C4H5FN2O2S.C4H6N2.F2O2S.H2O4S/c2*1-4-6-2-3-7(4)10(5,8)9;1-4-5-2-3-6-4;1-5(2,3)4;1-4-5(2)3/h2*2-3H,1H3;2-3H,1H3,(H,5,6);;1H,(H,2,3). The zero-order chi connectivity index (χ0) is 28.7. The molecule has 2 aromatic heterocycles. The molecular formula is C12H18F4N6O10S4. The number of halogens is 4. The van der Waals surface area contributed by atoms with Crippen LogP contribution in [0.5, 0.6) is 0 Å². The van der Waals surface area contributed by atoms with Crippen LogP contribution in [-0.2, 0) is 47.1 Å². The Kier molecular flexibility index (Phi) is 16.0. The Hall–Kier alpha value is -2.61. The number of aliphatic imine (C=N–C) groups is 1. The molecule has 2 aromatic rings. The lowest BCUT2D eigenvalue weighted by Gasteiger charge is -2.05. The van der Waals surface area contributed by atoms with Gasteiger partial charge in [-0.2, -0.15) is 25.3 Å². The monoisotopic (exact) mass is 610 g/mol. The van der Waals surface area contributed by atoms with Crippen LogP contribution >= 0.6 is 0 Å². The average Bonchev–Trinajstić information content (AvgIpc) is 3.43. The fourth-order valence-corrected chi connectivity index (χ4v) is 2.77. The van der Waals surface area contributed by atoms with Crippen LogP contribution in [-0.4, -0.2) is 53.8 Å². The Morgan fingerprint density at radius 2 is 1.61 bits per heavy atom. The fourth-order valence-electron chi connectivity index (χ4n) is 1.62. The molecule has 0 amide bonds. The summed E-state index contributed by atoms with van der Waals surface area (Å²) in [5.41, 5.74) is 0. The molecular weight excluding hydrogens is 592 g/mol. The number of rotatable bonds is 3. The van der Waals surface area contributed by atoms with Crippen molar-refractivity contribution in [1.29, 1.82) is 0 Å². The number of aromatic amines is 1. The highest BCUT2D eigenvalue weighted by Crippen LogP contribution is 2.01. The molecule has 0 saturated carbocycles. The van der Waals surface area contributed by atoms with Gasteiger partial charge in [-0.3, -0.25) is 5.32 Å². The van der Waals surface area contributed by atoms with Crippen molar-refractivity contribution in [2.24, 2.45) is 4.99 Å². The van der Waals surface area contributed by atoms with Crippen LogP contribution in [0.3, 0.4) is 0 Å². The van der Waals surface area contributed by atoms with E-state index in [9.17, 15) is 32.4 Å². The van der Waals surface area contributed by atoms with E-state index in [0.29, 0.717) is 7.94 Å². The van der Waals surface area contributed by atoms with Gasteiger partial charge in [0.2, 0.25) is 5.84 Å². The van der Waals surface area contributed by atoms with Gasteiger partial charge in [-0.15, -0.1) is 0 Å². The summed E-state index contributed by atoms with van der Waals surface area (Å²) < 4.78 is 123. The molecule has 0 aliphatic carbocycles. The molecule has 36 heavy (non-hydrogen) atoms. The van der Waals surface area contributed by atoms with Crippen LogP contribution in [0.2, 0.25) is 0 Å². The molecule has 0 bridgehead atoms. The van der Waals surface area contributed by atoms with Gasteiger partial charge < -0.3 is 14.1 Å². The Morgan fingerprint density at radius 3 is 1.75 bits per heavy atom. The van der Waals surface area contributed by atoms with Crippen molar-refractivity contribution < 1.29 is 68.4 Å². The van der Waals surface area contributed by atoms with Gasteiger partial charge in [0.1, 0.15) is 24.4 Å². The molecule has 1 aliphatic rings. The Balaban J connectivity index is 0. The second kappa shape index (κ2) is 16.2. The van der Waals surface area contributed by atoms with E-state index in [1.807, 2.05) is 18.4 Å². The number of quaternary nitrogens is 1. The van der Waals surface area contributed by atoms with E-state index in [1.54, 1.807) is 6.20 Å². The van der Waals surface area contributed by atoms with Crippen molar-refractivity contribution in [2.75, 3.05) is 0 Å². The van der Waals surface area contributed by atoms with Gasteiger partial charge in [0.15, 0.2) is 0 Å². The maximum Gasteiger partial charge on any atom is 0.480 e. The summed E-state index contributed by atoms with van der Waals surface area (Å²) in [6.07, 6.45) is 8.42. The predicted molar refractivity (Wildman–Crippen MR) is 109 cm³/mol. The quantitative estimate of drug-likeness (QED) is 0.0928. The zero-order valence-electron chi connectivity index (χ0n) is 18.1. The molecule has 3 heterocycles. The van der Waals surface area contributed by atoms with Gasteiger partial charge in [0, 0.05) is 26.2 Å². The van der Waals surface area contributed by atoms with E-state index in [0.717, 1.165) is 18.2 Å². The van der Waals surface area contributed by atoms with Gasteiger partial charge in [0.25, 0.3) is 5.82 Å². The van der Waals surface area contributed by atoms with Crippen molar-refractivity contribution in [3.05, 3.63) is 48.8 Å². The first-order valence-electron chi connectivity index (χ1n) is 8.24. The molecule has 3 rings (SSSR count). The first-order valence-corrected chi connectivity index (χ1v) is 13.2. The number of H-pyrrole nitrogens is 1. The van der Waals surface area contributed by atoms with Crippen LogP contribution < -0.4 is 14.5 Å². The van der Waals surface area contributed by atoms with Crippen molar-refractivity contribution in [3.63, 3.8) is 0 Å². The molecule has 3 N–H and O–H groups in total. The van der Waals surface area contributed by atoms with E-state index in [1.165, 1.54) is 26.2 Å². The minimum atomic E-state index is -5.67. The summed E-state index contributed by atoms with van der Waals surface area (Å²) in [6, 6.07) is 0.